The predicted molar refractivity (Wildman–Crippen MR) is 104 cm³/mol. The first-order valence-electron chi connectivity index (χ1n) is 7.70. The summed E-state index contributed by atoms with van der Waals surface area (Å²) in [5.41, 5.74) is 2.08. The van der Waals surface area contributed by atoms with Gasteiger partial charge in [-0.25, -0.2) is 0 Å². The Morgan fingerprint density at radius 3 is 2.73 bits per heavy atom. The first-order valence-corrected chi connectivity index (χ1v) is 9.40. The molecule has 0 bridgehead atoms. The molecule has 1 aliphatic rings. The summed E-state index contributed by atoms with van der Waals surface area (Å²) in [5.74, 6) is -0.897. The number of thioether (sulfide) groups is 1. The number of carbonyl (C=O) groups is 2. The molecule has 2 aromatic rings. The number of halogens is 2. The third-order valence-corrected chi connectivity index (χ3v) is 6.13. The molecule has 0 radical (unpaired) electrons. The summed E-state index contributed by atoms with van der Waals surface area (Å²) in [5, 5.41) is 11.7. The lowest BCUT2D eigenvalue weighted by molar-refractivity contribution is -0.138. The van der Waals surface area contributed by atoms with E-state index in [2.05, 4.69) is 5.32 Å². The number of ether oxygens (including phenoxy) is 1. The molecule has 2 N–H and O–H groups in total. The Morgan fingerprint density at radius 2 is 2.04 bits per heavy atom. The third kappa shape index (κ3) is 3.77. The molecule has 1 aliphatic heterocycles. The Balaban J connectivity index is 2.15. The lowest BCUT2D eigenvalue weighted by Gasteiger charge is -2.21. The van der Waals surface area contributed by atoms with Crippen LogP contribution in [-0.4, -0.2) is 29.3 Å². The number of hydrogen-bond donors (Lipinski definition) is 2. The van der Waals surface area contributed by atoms with Crippen molar-refractivity contribution in [3.05, 3.63) is 57.6 Å². The van der Waals surface area contributed by atoms with Crippen LogP contribution >= 0.6 is 35.0 Å². The zero-order chi connectivity index (χ0) is 18.8. The van der Waals surface area contributed by atoms with Crippen LogP contribution in [0.5, 0.6) is 5.75 Å². The molecule has 0 spiro atoms. The van der Waals surface area contributed by atoms with Crippen molar-refractivity contribution in [2.75, 3.05) is 12.4 Å². The lowest BCUT2D eigenvalue weighted by atomic mass is 10.0. The molecule has 1 amide bonds. The van der Waals surface area contributed by atoms with E-state index in [9.17, 15) is 9.59 Å². The molecular formula is C18H15Cl2NO4S. The van der Waals surface area contributed by atoms with Gasteiger partial charge in [-0.15, -0.1) is 11.8 Å². The summed E-state index contributed by atoms with van der Waals surface area (Å²) in [6.07, 6.45) is -0.295. The Hall–Kier alpha value is -1.89. The Morgan fingerprint density at radius 1 is 1.27 bits per heavy atom. The van der Waals surface area contributed by atoms with Gasteiger partial charge < -0.3 is 15.2 Å². The molecule has 3 rings (SSSR count). The maximum atomic E-state index is 12.5. The van der Waals surface area contributed by atoms with E-state index < -0.39 is 11.2 Å². The molecule has 136 valence electrons. The smallest absolute Gasteiger partial charge is 0.305 e. The van der Waals surface area contributed by atoms with Crippen LogP contribution < -0.4 is 10.1 Å². The molecule has 1 heterocycles. The van der Waals surface area contributed by atoms with Crippen molar-refractivity contribution in [1.29, 1.82) is 0 Å². The monoisotopic (exact) mass is 411 g/mol. The largest absolute Gasteiger partial charge is 0.495 e. The number of carbonyl (C=O) groups excluding carboxylic acids is 1. The Bertz CT molecular complexity index is 874. The minimum Gasteiger partial charge on any atom is -0.495 e. The molecule has 8 heteroatoms. The van der Waals surface area contributed by atoms with E-state index in [1.807, 2.05) is 6.07 Å². The van der Waals surface area contributed by atoms with E-state index in [4.69, 9.17) is 33.0 Å². The van der Waals surface area contributed by atoms with Gasteiger partial charge >= 0.3 is 5.97 Å². The topological polar surface area (TPSA) is 75.6 Å². The first-order chi connectivity index (χ1) is 12.4. The van der Waals surface area contributed by atoms with Crippen molar-refractivity contribution in [1.82, 2.24) is 0 Å². The molecule has 2 unspecified atom stereocenters. The molecule has 2 aromatic carbocycles. The van der Waals surface area contributed by atoms with Gasteiger partial charge in [0.15, 0.2) is 0 Å². The van der Waals surface area contributed by atoms with E-state index in [-0.39, 0.29) is 17.6 Å². The highest BCUT2D eigenvalue weighted by atomic mass is 35.5. The van der Waals surface area contributed by atoms with Crippen LogP contribution in [0.4, 0.5) is 5.69 Å². The number of rotatable bonds is 4. The van der Waals surface area contributed by atoms with Gasteiger partial charge in [-0.1, -0.05) is 35.3 Å². The first kappa shape index (κ1) is 18.9. The van der Waals surface area contributed by atoms with Gasteiger partial charge in [0.25, 0.3) is 0 Å². The Labute approximate surface area is 164 Å². The zero-order valence-electron chi connectivity index (χ0n) is 13.7. The van der Waals surface area contributed by atoms with Gasteiger partial charge in [-0.3, -0.25) is 9.59 Å². The number of hydrogen-bond acceptors (Lipinski definition) is 4. The summed E-state index contributed by atoms with van der Waals surface area (Å²) >= 11 is 13.9. The number of anilines is 1. The zero-order valence-corrected chi connectivity index (χ0v) is 16.0. The summed E-state index contributed by atoms with van der Waals surface area (Å²) in [4.78, 5) is 23.7. The summed E-state index contributed by atoms with van der Waals surface area (Å²) in [7, 11) is 1.52. The van der Waals surface area contributed by atoms with Crippen LogP contribution in [0.15, 0.2) is 36.4 Å². The molecular weight excluding hydrogens is 397 g/mol. The van der Waals surface area contributed by atoms with Gasteiger partial charge in [-0.05, 0) is 35.4 Å². The fraction of sp³-hybridized carbons (Fsp3) is 0.222. The Kier molecular flexibility index (Phi) is 5.65. The van der Waals surface area contributed by atoms with Crippen LogP contribution in [0.25, 0.3) is 0 Å². The number of carboxylic acid groups (broad SMARTS) is 1. The van der Waals surface area contributed by atoms with E-state index in [0.717, 1.165) is 11.1 Å². The highest BCUT2D eigenvalue weighted by molar-refractivity contribution is 8.01. The fourth-order valence-corrected chi connectivity index (χ4v) is 4.80. The van der Waals surface area contributed by atoms with Crippen molar-refractivity contribution in [2.45, 2.75) is 16.9 Å². The summed E-state index contributed by atoms with van der Waals surface area (Å²) in [6.45, 7) is 0. The SMILES string of the molecule is COc1cccc(C2SC(CC(=O)O)C(=O)Nc3ccc(Cl)cc32)c1Cl. The van der Waals surface area contributed by atoms with Gasteiger partial charge in [-0.2, -0.15) is 0 Å². The van der Waals surface area contributed by atoms with Crippen LogP contribution in [0.2, 0.25) is 10.0 Å². The highest BCUT2D eigenvalue weighted by Gasteiger charge is 2.34. The van der Waals surface area contributed by atoms with E-state index in [0.29, 0.717) is 21.5 Å². The second-order valence-electron chi connectivity index (χ2n) is 5.69. The standard InChI is InChI=1S/C18H15Cl2NO4S/c1-25-13-4-2-3-10(16(13)20)17-11-7-9(19)5-6-12(11)21-18(24)14(26-17)8-15(22)23/h2-7,14,17H,8H2,1H3,(H,21,24)(H,22,23). The number of nitrogens with one attached hydrogen (secondary N) is 1. The molecule has 0 saturated heterocycles. The number of fused-ring (bicyclic) bond motifs is 1. The second-order valence-corrected chi connectivity index (χ2v) is 7.81. The quantitative estimate of drug-likeness (QED) is 0.767. The van der Waals surface area contributed by atoms with E-state index >= 15 is 0 Å². The predicted octanol–water partition coefficient (Wildman–Crippen LogP) is 4.62. The number of methoxy groups -OCH3 is 1. The summed E-state index contributed by atoms with van der Waals surface area (Å²) < 4.78 is 5.29. The summed E-state index contributed by atoms with van der Waals surface area (Å²) in [6, 6.07) is 10.5. The molecule has 2 atom stereocenters. The number of benzene rings is 2. The minimum atomic E-state index is -1.04. The van der Waals surface area contributed by atoms with Crippen molar-refractivity contribution in [3.8, 4) is 5.75 Å². The minimum absolute atomic E-state index is 0.295. The molecule has 0 saturated carbocycles. The van der Waals surface area contributed by atoms with Crippen LogP contribution in [0.1, 0.15) is 22.8 Å². The van der Waals surface area contributed by atoms with Gasteiger partial charge in [0.1, 0.15) is 5.75 Å². The maximum Gasteiger partial charge on any atom is 0.305 e. The number of carboxylic acids is 1. The van der Waals surface area contributed by atoms with Crippen LogP contribution in [-0.2, 0) is 9.59 Å². The second kappa shape index (κ2) is 7.78. The van der Waals surface area contributed by atoms with E-state index in [1.54, 1.807) is 30.3 Å². The molecule has 0 fully saturated rings. The highest BCUT2D eigenvalue weighted by Crippen LogP contribution is 2.48. The molecule has 0 aliphatic carbocycles. The molecule has 5 nitrogen and oxygen atoms in total. The van der Waals surface area contributed by atoms with Crippen molar-refractivity contribution >= 4 is 52.5 Å². The van der Waals surface area contributed by atoms with Crippen molar-refractivity contribution < 1.29 is 19.4 Å². The van der Waals surface area contributed by atoms with Crippen LogP contribution in [0, 0.1) is 0 Å². The molecule has 26 heavy (non-hydrogen) atoms. The van der Waals surface area contributed by atoms with Crippen molar-refractivity contribution in [3.63, 3.8) is 0 Å². The average molecular weight is 412 g/mol. The number of amides is 1. The third-order valence-electron chi connectivity index (χ3n) is 4.00. The fourth-order valence-electron chi connectivity index (χ4n) is 2.81. The lowest BCUT2D eigenvalue weighted by Crippen LogP contribution is -2.26. The van der Waals surface area contributed by atoms with Gasteiger partial charge in [0.05, 0.1) is 29.1 Å². The van der Waals surface area contributed by atoms with Gasteiger partial charge in [0, 0.05) is 10.7 Å². The normalized spacial score (nSPS) is 19.3. The van der Waals surface area contributed by atoms with E-state index in [1.165, 1.54) is 18.9 Å². The average Bonchev–Trinajstić information content (AvgIpc) is 2.72. The molecule has 0 aromatic heterocycles. The maximum absolute atomic E-state index is 12.5. The van der Waals surface area contributed by atoms with Crippen LogP contribution in [0.3, 0.4) is 0 Å². The number of aliphatic carboxylic acids is 1. The van der Waals surface area contributed by atoms with Crippen molar-refractivity contribution in [2.24, 2.45) is 0 Å². The van der Waals surface area contributed by atoms with Gasteiger partial charge in [0.2, 0.25) is 5.91 Å².